The van der Waals surface area contributed by atoms with E-state index in [2.05, 4.69) is 40.0 Å². The van der Waals surface area contributed by atoms with Crippen LogP contribution in [0.5, 0.6) is 0 Å². The zero-order valence-electron chi connectivity index (χ0n) is 16.7. The van der Waals surface area contributed by atoms with Crippen LogP contribution in [-0.4, -0.2) is 38.6 Å². The van der Waals surface area contributed by atoms with Crippen LogP contribution in [0.15, 0.2) is 65.7 Å². The second kappa shape index (κ2) is 12.5. The van der Waals surface area contributed by atoms with Gasteiger partial charge in [-0.25, -0.2) is 0 Å². The quantitative estimate of drug-likeness (QED) is 0.435. The Morgan fingerprint density at radius 2 is 1.61 bits per heavy atom. The summed E-state index contributed by atoms with van der Waals surface area (Å²) < 4.78 is 5.76. The number of rotatable bonds is 10. The second-order valence-electron chi connectivity index (χ2n) is 6.67. The van der Waals surface area contributed by atoms with Crippen molar-refractivity contribution in [2.45, 2.75) is 20.1 Å². The zero-order valence-corrected chi connectivity index (χ0v) is 16.7. The predicted molar refractivity (Wildman–Crippen MR) is 113 cm³/mol. The van der Waals surface area contributed by atoms with Crippen LogP contribution in [0.3, 0.4) is 0 Å². The maximum atomic E-state index is 12.0. The summed E-state index contributed by atoms with van der Waals surface area (Å²) in [4.78, 5) is 16.1. The molecule has 0 spiro atoms. The molecule has 1 unspecified atom stereocenters. The van der Waals surface area contributed by atoms with Gasteiger partial charge in [-0.3, -0.25) is 9.79 Å². The van der Waals surface area contributed by atoms with Crippen LogP contribution in [-0.2, 0) is 22.7 Å². The highest BCUT2D eigenvalue weighted by molar-refractivity contribution is 5.86. The van der Waals surface area contributed by atoms with Gasteiger partial charge >= 0.3 is 0 Å². The molecule has 2 rings (SSSR count). The predicted octanol–water partition coefficient (Wildman–Crippen LogP) is 2.32. The molecule has 6 nitrogen and oxygen atoms in total. The van der Waals surface area contributed by atoms with Crippen molar-refractivity contribution in [3.63, 3.8) is 0 Å². The number of ether oxygens (including phenoxy) is 1. The number of nitrogens with zero attached hydrogens (tertiary/aromatic N) is 1. The first-order valence-electron chi connectivity index (χ1n) is 9.54. The monoisotopic (exact) mass is 382 g/mol. The Morgan fingerprint density at radius 1 is 0.964 bits per heavy atom. The minimum absolute atomic E-state index is 0.0777. The Morgan fingerprint density at radius 3 is 2.25 bits per heavy atom. The van der Waals surface area contributed by atoms with Gasteiger partial charge in [-0.05, 0) is 17.0 Å². The molecular weight excluding hydrogens is 352 g/mol. The lowest BCUT2D eigenvalue weighted by atomic mass is 10.2. The fraction of sp³-hybridized carbons (Fsp3) is 0.364. The number of hydrogen-bond donors (Lipinski definition) is 3. The molecular formula is C22H30N4O2. The molecule has 28 heavy (non-hydrogen) atoms. The Kier molecular flexibility index (Phi) is 9.58. The Balaban J connectivity index is 1.59. The lowest BCUT2D eigenvalue weighted by Crippen LogP contribution is -2.44. The average Bonchev–Trinajstić information content (AvgIpc) is 2.74. The van der Waals surface area contributed by atoms with E-state index in [0.717, 1.165) is 5.56 Å². The standard InChI is InChI=1S/C22H30N4O2/c1-18(16-28-17-20-11-7-4-8-12-20)13-25-22(23-2)26-15-21(27)24-14-19-9-5-3-6-10-19/h3-12,18H,13-17H2,1-2H3,(H,24,27)(H2,23,25,26). The molecule has 3 N–H and O–H groups in total. The zero-order chi connectivity index (χ0) is 20.0. The minimum Gasteiger partial charge on any atom is -0.376 e. The molecule has 0 aliphatic carbocycles. The van der Waals surface area contributed by atoms with Gasteiger partial charge < -0.3 is 20.7 Å². The summed E-state index contributed by atoms with van der Waals surface area (Å²) in [6.07, 6.45) is 0. The van der Waals surface area contributed by atoms with Gasteiger partial charge in [0.05, 0.1) is 19.8 Å². The summed E-state index contributed by atoms with van der Waals surface area (Å²) in [5.41, 5.74) is 2.24. The van der Waals surface area contributed by atoms with Crippen molar-refractivity contribution < 1.29 is 9.53 Å². The molecule has 0 radical (unpaired) electrons. The first kappa shape index (κ1) is 21.4. The number of benzene rings is 2. The van der Waals surface area contributed by atoms with Gasteiger partial charge in [-0.1, -0.05) is 67.6 Å². The van der Waals surface area contributed by atoms with Gasteiger partial charge in [0, 0.05) is 20.1 Å². The van der Waals surface area contributed by atoms with Crippen molar-refractivity contribution in [1.29, 1.82) is 0 Å². The van der Waals surface area contributed by atoms with Gasteiger partial charge in [0.25, 0.3) is 0 Å². The molecule has 0 aliphatic heterocycles. The van der Waals surface area contributed by atoms with E-state index < -0.39 is 0 Å². The van der Waals surface area contributed by atoms with Gasteiger partial charge in [0.1, 0.15) is 0 Å². The van der Waals surface area contributed by atoms with Gasteiger partial charge in [0.2, 0.25) is 5.91 Å². The van der Waals surface area contributed by atoms with E-state index in [-0.39, 0.29) is 12.5 Å². The molecule has 6 heteroatoms. The van der Waals surface area contributed by atoms with Crippen LogP contribution in [0.4, 0.5) is 0 Å². The van der Waals surface area contributed by atoms with Crippen molar-refractivity contribution in [3.8, 4) is 0 Å². The minimum atomic E-state index is -0.0777. The highest BCUT2D eigenvalue weighted by Gasteiger charge is 2.07. The number of hydrogen-bond acceptors (Lipinski definition) is 3. The Labute approximate surface area is 167 Å². The van der Waals surface area contributed by atoms with Crippen LogP contribution in [0, 0.1) is 5.92 Å². The van der Waals surface area contributed by atoms with Gasteiger partial charge in [-0.2, -0.15) is 0 Å². The van der Waals surface area contributed by atoms with Crippen molar-refractivity contribution in [2.75, 3.05) is 26.7 Å². The fourth-order valence-corrected chi connectivity index (χ4v) is 2.53. The van der Waals surface area contributed by atoms with E-state index in [1.165, 1.54) is 5.56 Å². The van der Waals surface area contributed by atoms with E-state index in [0.29, 0.717) is 38.2 Å². The van der Waals surface area contributed by atoms with E-state index in [4.69, 9.17) is 4.74 Å². The smallest absolute Gasteiger partial charge is 0.239 e. The Hall–Kier alpha value is -2.86. The molecule has 0 aliphatic rings. The number of carbonyl (C=O) groups is 1. The molecule has 1 atom stereocenters. The highest BCUT2D eigenvalue weighted by atomic mass is 16.5. The van der Waals surface area contributed by atoms with Gasteiger partial charge in [0.15, 0.2) is 5.96 Å². The number of aliphatic imine (C=N–C) groups is 1. The molecule has 1 amide bonds. The number of guanidine groups is 1. The molecule has 0 saturated carbocycles. The van der Waals surface area contributed by atoms with E-state index in [9.17, 15) is 4.79 Å². The topological polar surface area (TPSA) is 74.8 Å². The van der Waals surface area contributed by atoms with Crippen LogP contribution in [0.25, 0.3) is 0 Å². The van der Waals surface area contributed by atoms with E-state index in [1.807, 2.05) is 48.5 Å². The third-order valence-electron chi connectivity index (χ3n) is 4.10. The summed E-state index contributed by atoms with van der Waals surface area (Å²) in [7, 11) is 1.69. The van der Waals surface area contributed by atoms with Crippen LogP contribution in [0.1, 0.15) is 18.1 Å². The first-order valence-corrected chi connectivity index (χ1v) is 9.54. The second-order valence-corrected chi connectivity index (χ2v) is 6.67. The third-order valence-corrected chi connectivity index (χ3v) is 4.10. The molecule has 150 valence electrons. The molecule has 0 fully saturated rings. The number of nitrogens with one attached hydrogen (secondary N) is 3. The summed E-state index contributed by atoms with van der Waals surface area (Å²) in [6.45, 7) is 4.77. The van der Waals surface area contributed by atoms with Crippen molar-refractivity contribution in [2.24, 2.45) is 10.9 Å². The highest BCUT2D eigenvalue weighted by Crippen LogP contribution is 2.02. The molecule has 0 bridgehead atoms. The fourth-order valence-electron chi connectivity index (χ4n) is 2.53. The van der Waals surface area contributed by atoms with E-state index in [1.54, 1.807) is 7.05 Å². The molecule has 2 aromatic carbocycles. The maximum absolute atomic E-state index is 12.0. The summed E-state index contributed by atoms with van der Waals surface area (Å²) in [5, 5.41) is 9.14. The third kappa shape index (κ3) is 8.68. The summed E-state index contributed by atoms with van der Waals surface area (Å²) >= 11 is 0. The van der Waals surface area contributed by atoms with Gasteiger partial charge in [-0.15, -0.1) is 0 Å². The lowest BCUT2D eigenvalue weighted by Gasteiger charge is -2.16. The van der Waals surface area contributed by atoms with Crippen molar-refractivity contribution in [1.82, 2.24) is 16.0 Å². The summed E-state index contributed by atoms with van der Waals surface area (Å²) in [5.74, 6) is 0.838. The van der Waals surface area contributed by atoms with Crippen molar-refractivity contribution >= 4 is 11.9 Å². The van der Waals surface area contributed by atoms with Crippen molar-refractivity contribution in [3.05, 3.63) is 71.8 Å². The van der Waals surface area contributed by atoms with Crippen LogP contribution in [0.2, 0.25) is 0 Å². The number of amides is 1. The average molecular weight is 383 g/mol. The molecule has 2 aromatic rings. The normalized spacial score (nSPS) is 12.3. The van der Waals surface area contributed by atoms with E-state index >= 15 is 0 Å². The molecule has 0 heterocycles. The summed E-state index contributed by atoms with van der Waals surface area (Å²) in [6, 6.07) is 19.9. The molecule has 0 aromatic heterocycles. The largest absolute Gasteiger partial charge is 0.376 e. The maximum Gasteiger partial charge on any atom is 0.239 e. The van der Waals surface area contributed by atoms with Crippen LogP contribution >= 0.6 is 0 Å². The molecule has 0 saturated heterocycles. The number of carbonyl (C=O) groups excluding carboxylic acids is 1. The van der Waals surface area contributed by atoms with Crippen LogP contribution < -0.4 is 16.0 Å². The Bertz CT molecular complexity index is 720. The first-order chi connectivity index (χ1) is 13.7. The lowest BCUT2D eigenvalue weighted by molar-refractivity contribution is -0.120. The SMILES string of the molecule is CN=C(NCC(=O)NCc1ccccc1)NCC(C)COCc1ccccc1.